The maximum absolute atomic E-state index is 12.7. The van der Waals surface area contributed by atoms with Crippen LogP contribution in [-0.4, -0.2) is 49.6 Å². The van der Waals surface area contributed by atoms with Crippen molar-refractivity contribution < 1.29 is 14.3 Å². The third-order valence-corrected chi connectivity index (χ3v) is 6.51. The second-order valence-electron chi connectivity index (χ2n) is 7.43. The number of amides is 2. The predicted molar refractivity (Wildman–Crippen MR) is 119 cm³/mol. The molecule has 0 bridgehead atoms. The number of ether oxygens (including phenoxy) is 1. The molecule has 0 atom stereocenters. The van der Waals surface area contributed by atoms with Gasteiger partial charge in [0.05, 0.1) is 23.4 Å². The zero-order valence-corrected chi connectivity index (χ0v) is 17.3. The van der Waals surface area contributed by atoms with E-state index >= 15 is 0 Å². The number of hydrogen-bond donors (Lipinski definition) is 1. The number of aromatic nitrogens is 1. The van der Waals surface area contributed by atoms with Gasteiger partial charge in [0.1, 0.15) is 0 Å². The summed E-state index contributed by atoms with van der Waals surface area (Å²) >= 11 is 1.63. The number of rotatable bonds is 4. The van der Waals surface area contributed by atoms with Crippen LogP contribution in [0.3, 0.4) is 0 Å². The molecule has 1 aromatic heterocycles. The molecule has 0 aliphatic carbocycles. The summed E-state index contributed by atoms with van der Waals surface area (Å²) in [5, 5.41) is 3.95. The fraction of sp³-hybridized carbons (Fsp3) is 0.318. The Bertz CT molecular complexity index is 1090. The van der Waals surface area contributed by atoms with Gasteiger partial charge in [0.15, 0.2) is 5.13 Å². The van der Waals surface area contributed by atoms with E-state index in [2.05, 4.69) is 10.2 Å². The molecule has 2 aliphatic heterocycles. The fourth-order valence-electron chi connectivity index (χ4n) is 3.80. The van der Waals surface area contributed by atoms with Crippen LogP contribution in [0, 0.1) is 0 Å². The summed E-state index contributed by atoms with van der Waals surface area (Å²) in [6, 6.07) is 13.0. The Kier molecular flexibility index (Phi) is 5.10. The molecule has 2 amide bonds. The largest absolute Gasteiger partial charge is 0.378 e. The number of morpholine rings is 1. The smallest absolute Gasteiger partial charge is 0.255 e. The summed E-state index contributed by atoms with van der Waals surface area (Å²) in [6.07, 6.45) is 1.48. The van der Waals surface area contributed by atoms with E-state index in [1.165, 1.54) is 0 Å². The van der Waals surface area contributed by atoms with Crippen molar-refractivity contribution in [3.63, 3.8) is 0 Å². The quantitative estimate of drug-likeness (QED) is 0.696. The van der Waals surface area contributed by atoms with E-state index in [0.29, 0.717) is 12.0 Å². The summed E-state index contributed by atoms with van der Waals surface area (Å²) in [4.78, 5) is 33.3. The summed E-state index contributed by atoms with van der Waals surface area (Å²) in [7, 11) is 0. The van der Waals surface area contributed by atoms with E-state index < -0.39 is 0 Å². The molecular weight excluding hydrogens is 400 g/mol. The van der Waals surface area contributed by atoms with Gasteiger partial charge in [-0.05, 0) is 48.9 Å². The first kappa shape index (κ1) is 19.0. The van der Waals surface area contributed by atoms with E-state index in [4.69, 9.17) is 9.72 Å². The van der Waals surface area contributed by atoms with Crippen molar-refractivity contribution in [2.24, 2.45) is 0 Å². The fourth-order valence-corrected chi connectivity index (χ4v) is 4.85. The number of benzene rings is 2. The molecule has 154 valence electrons. The van der Waals surface area contributed by atoms with Gasteiger partial charge in [-0.1, -0.05) is 11.3 Å². The van der Waals surface area contributed by atoms with Crippen molar-refractivity contribution in [2.75, 3.05) is 48.0 Å². The molecular formula is C22H22N4O3S. The van der Waals surface area contributed by atoms with Crippen LogP contribution in [-0.2, 0) is 9.53 Å². The van der Waals surface area contributed by atoms with Gasteiger partial charge in [0.2, 0.25) is 5.91 Å². The molecule has 8 heteroatoms. The van der Waals surface area contributed by atoms with E-state index in [0.717, 1.165) is 66.0 Å². The number of nitrogens with zero attached hydrogens (tertiary/aromatic N) is 3. The minimum absolute atomic E-state index is 0.140. The minimum atomic E-state index is -0.174. The summed E-state index contributed by atoms with van der Waals surface area (Å²) in [6.45, 7) is 3.89. The Balaban J connectivity index is 1.29. The Labute approximate surface area is 178 Å². The first-order chi connectivity index (χ1) is 14.7. The number of carbonyl (C=O) groups is 2. The van der Waals surface area contributed by atoms with E-state index in [-0.39, 0.29) is 11.8 Å². The highest BCUT2D eigenvalue weighted by atomic mass is 32.1. The number of nitrogens with one attached hydrogen (secondary N) is 1. The molecule has 0 unspecified atom stereocenters. The Hall–Kier alpha value is -2.97. The van der Waals surface area contributed by atoms with Gasteiger partial charge in [-0.15, -0.1) is 0 Å². The summed E-state index contributed by atoms with van der Waals surface area (Å²) in [5.41, 5.74) is 3.07. The van der Waals surface area contributed by atoms with Crippen LogP contribution in [0.1, 0.15) is 23.2 Å². The Morgan fingerprint density at radius 3 is 2.60 bits per heavy atom. The Morgan fingerprint density at radius 1 is 1.07 bits per heavy atom. The maximum Gasteiger partial charge on any atom is 0.255 e. The maximum atomic E-state index is 12.7. The number of fused-ring (bicyclic) bond motifs is 1. The predicted octanol–water partition coefficient (Wildman–Crippen LogP) is 3.51. The van der Waals surface area contributed by atoms with Crippen LogP contribution in [0.25, 0.3) is 10.2 Å². The van der Waals surface area contributed by atoms with Crippen molar-refractivity contribution in [3.8, 4) is 0 Å². The molecule has 1 N–H and O–H groups in total. The van der Waals surface area contributed by atoms with E-state index in [1.807, 2.05) is 30.3 Å². The van der Waals surface area contributed by atoms with Gasteiger partial charge >= 0.3 is 0 Å². The molecule has 2 saturated heterocycles. The van der Waals surface area contributed by atoms with Crippen molar-refractivity contribution in [3.05, 3.63) is 48.0 Å². The van der Waals surface area contributed by atoms with Gasteiger partial charge in [-0.2, -0.15) is 0 Å². The minimum Gasteiger partial charge on any atom is -0.378 e. The molecule has 30 heavy (non-hydrogen) atoms. The first-order valence-corrected chi connectivity index (χ1v) is 10.9. The Morgan fingerprint density at radius 2 is 1.87 bits per heavy atom. The van der Waals surface area contributed by atoms with Crippen molar-refractivity contribution >= 4 is 49.9 Å². The molecule has 3 heterocycles. The number of anilines is 3. The standard InChI is InChI=1S/C22H22N4O3S/c27-20-2-1-9-26(20)17-6-3-15(4-7-17)21(28)23-16-5-8-18-19(14-16)30-22(24-18)25-10-12-29-13-11-25/h3-8,14H,1-2,9-13H2,(H,23,28). The molecule has 7 nitrogen and oxygen atoms in total. The molecule has 2 aliphatic rings. The molecule has 0 radical (unpaired) electrons. The van der Waals surface area contributed by atoms with Crippen LogP contribution in [0.2, 0.25) is 0 Å². The molecule has 0 spiro atoms. The third kappa shape index (κ3) is 3.76. The number of carbonyl (C=O) groups excluding carboxylic acids is 2. The number of thiazole rings is 1. The lowest BCUT2D eigenvalue weighted by atomic mass is 10.1. The highest BCUT2D eigenvalue weighted by Gasteiger charge is 2.22. The molecule has 2 fully saturated rings. The van der Waals surface area contributed by atoms with Crippen LogP contribution in [0.15, 0.2) is 42.5 Å². The molecule has 3 aromatic rings. The van der Waals surface area contributed by atoms with Crippen LogP contribution < -0.4 is 15.1 Å². The monoisotopic (exact) mass is 422 g/mol. The SMILES string of the molecule is O=C(Nc1ccc2nc(N3CCOCC3)sc2c1)c1ccc(N2CCCC2=O)cc1. The zero-order valence-electron chi connectivity index (χ0n) is 16.5. The van der Waals surface area contributed by atoms with E-state index in [9.17, 15) is 9.59 Å². The van der Waals surface area contributed by atoms with Gasteiger partial charge in [0.25, 0.3) is 5.91 Å². The van der Waals surface area contributed by atoms with Crippen molar-refractivity contribution in [1.82, 2.24) is 4.98 Å². The van der Waals surface area contributed by atoms with Crippen LogP contribution in [0.5, 0.6) is 0 Å². The molecule has 0 saturated carbocycles. The first-order valence-electron chi connectivity index (χ1n) is 10.1. The molecule has 2 aromatic carbocycles. The second-order valence-corrected chi connectivity index (χ2v) is 8.44. The van der Waals surface area contributed by atoms with Crippen LogP contribution in [0.4, 0.5) is 16.5 Å². The summed E-state index contributed by atoms with van der Waals surface area (Å²) in [5.74, 6) is -0.0342. The van der Waals surface area contributed by atoms with Crippen LogP contribution >= 0.6 is 11.3 Å². The topological polar surface area (TPSA) is 74.8 Å². The lowest BCUT2D eigenvalue weighted by Crippen LogP contribution is -2.36. The highest BCUT2D eigenvalue weighted by molar-refractivity contribution is 7.22. The van der Waals surface area contributed by atoms with Gasteiger partial charge in [-0.25, -0.2) is 4.98 Å². The highest BCUT2D eigenvalue weighted by Crippen LogP contribution is 2.31. The third-order valence-electron chi connectivity index (χ3n) is 5.43. The van der Waals surface area contributed by atoms with Crippen molar-refractivity contribution in [1.29, 1.82) is 0 Å². The lowest BCUT2D eigenvalue weighted by molar-refractivity contribution is -0.117. The normalized spacial score (nSPS) is 17.0. The second kappa shape index (κ2) is 8.04. The molecule has 5 rings (SSSR count). The lowest BCUT2D eigenvalue weighted by Gasteiger charge is -2.25. The zero-order chi connectivity index (χ0) is 20.5. The number of hydrogen-bond acceptors (Lipinski definition) is 6. The van der Waals surface area contributed by atoms with Crippen molar-refractivity contribution in [2.45, 2.75) is 12.8 Å². The van der Waals surface area contributed by atoms with Gasteiger partial charge in [-0.3, -0.25) is 9.59 Å². The average molecular weight is 423 g/mol. The van der Waals surface area contributed by atoms with E-state index in [1.54, 1.807) is 28.4 Å². The van der Waals surface area contributed by atoms with Gasteiger partial charge in [0, 0.05) is 43.0 Å². The summed E-state index contributed by atoms with van der Waals surface area (Å²) < 4.78 is 6.45. The van der Waals surface area contributed by atoms with Gasteiger partial charge < -0.3 is 19.9 Å². The average Bonchev–Trinajstić information content (AvgIpc) is 3.40.